The van der Waals surface area contributed by atoms with Crippen LogP contribution in [0.5, 0.6) is 5.75 Å². The van der Waals surface area contributed by atoms with E-state index in [-0.39, 0.29) is 22.0 Å². The summed E-state index contributed by atoms with van der Waals surface area (Å²) in [6.45, 7) is 1.96. The number of para-hydroxylation sites is 1. The molecule has 0 aliphatic rings. The number of carbonyl (C=O) groups is 1. The van der Waals surface area contributed by atoms with E-state index in [0.717, 1.165) is 0 Å². The number of thioether (sulfide) groups is 2. The van der Waals surface area contributed by atoms with Crippen molar-refractivity contribution in [2.45, 2.75) is 27.7 Å². The Kier molecular flexibility index (Phi) is 7.12. The first-order valence-corrected chi connectivity index (χ1v) is 13.5. The summed E-state index contributed by atoms with van der Waals surface area (Å²) < 4.78 is 0.127. The summed E-state index contributed by atoms with van der Waals surface area (Å²) in [5.41, 5.74) is 0.394. The van der Waals surface area contributed by atoms with E-state index >= 15 is 0 Å². The quantitative estimate of drug-likeness (QED) is 0.133. The molecule has 0 saturated heterocycles. The van der Waals surface area contributed by atoms with Crippen LogP contribution >= 0.6 is 23.5 Å². The Labute approximate surface area is 214 Å². The molecule has 1 atom stereocenters. The maximum absolute atomic E-state index is 13.2. The Morgan fingerprint density at radius 1 is 0.686 bits per heavy atom. The molecule has 5 aromatic rings. The largest absolute Gasteiger partial charge is 0.507 e. The Hall–Kier alpha value is -3.21. The first-order chi connectivity index (χ1) is 17.1. The number of hydrogen-bond donors (Lipinski definition) is 1. The van der Waals surface area contributed by atoms with Crippen LogP contribution in [0.1, 0.15) is 23.7 Å². The topological polar surface area (TPSA) is 37.3 Å². The molecule has 35 heavy (non-hydrogen) atoms. The van der Waals surface area contributed by atoms with Crippen LogP contribution in [0.15, 0.2) is 119 Å². The number of fused-ring (bicyclic) bond motifs is 2. The third kappa shape index (κ3) is 5.55. The van der Waals surface area contributed by atoms with E-state index in [1.807, 2.05) is 6.92 Å². The molecule has 1 N–H and O–H groups in total. The molecule has 0 aliphatic heterocycles. The van der Waals surface area contributed by atoms with Gasteiger partial charge in [0.25, 0.3) is 0 Å². The monoisotopic (exact) mass is 494 g/mol. The fraction of sp³-hybridized carbons (Fsp3) is 0.129. The summed E-state index contributed by atoms with van der Waals surface area (Å²) in [6.07, 6.45) is 0.683. The second-order valence-corrected chi connectivity index (χ2v) is 11.6. The highest BCUT2D eigenvalue weighted by Crippen LogP contribution is 2.41. The van der Waals surface area contributed by atoms with Gasteiger partial charge in [0.2, 0.25) is 0 Å². The van der Waals surface area contributed by atoms with Gasteiger partial charge >= 0.3 is 0 Å². The normalized spacial score (nSPS) is 12.3. The number of phenols is 1. The molecule has 1 unspecified atom stereocenters. The van der Waals surface area contributed by atoms with Crippen molar-refractivity contribution in [1.82, 2.24) is 0 Å². The van der Waals surface area contributed by atoms with Crippen LogP contribution in [0.3, 0.4) is 0 Å². The minimum absolute atomic E-state index is 0.0219. The summed E-state index contributed by atoms with van der Waals surface area (Å²) in [5, 5.41) is 15.1. The van der Waals surface area contributed by atoms with E-state index < -0.39 is 0 Å². The SMILES string of the molecule is CC(CC(Sc1ccc2ccccc2c1)Sc1ccc2ccccc2c1)C(=O)c1ccccc1O. The highest BCUT2D eigenvalue weighted by Gasteiger charge is 2.24. The van der Waals surface area contributed by atoms with Crippen LogP contribution in [0, 0.1) is 5.92 Å². The number of benzene rings is 5. The Balaban J connectivity index is 1.42. The number of Topliss-reactive ketones (excluding diaryl/α,β-unsaturated/α-hetero) is 1. The lowest BCUT2D eigenvalue weighted by molar-refractivity contribution is 0.0924. The third-order valence-electron chi connectivity index (χ3n) is 6.14. The zero-order valence-corrected chi connectivity index (χ0v) is 21.1. The molecule has 4 heteroatoms. The van der Waals surface area contributed by atoms with Gasteiger partial charge in [-0.3, -0.25) is 4.79 Å². The van der Waals surface area contributed by atoms with Crippen molar-refractivity contribution in [3.8, 4) is 5.75 Å². The maximum atomic E-state index is 13.2. The lowest BCUT2D eigenvalue weighted by Gasteiger charge is -2.21. The number of hydrogen-bond acceptors (Lipinski definition) is 4. The van der Waals surface area contributed by atoms with Crippen LogP contribution in [-0.2, 0) is 0 Å². The van der Waals surface area contributed by atoms with Crippen LogP contribution in [0.4, 0.5) is 0 Å². The second kappa shape index (κ2) is 10.6. The minimum atomic E-state index is -0.228. The van der Waals surface area contributed by atoms with E-state index in [1.54, 1.807) is 47.8 Å². The summed E-state index contributed by atoms with van der Waals surface area (Å²) >= 11 is 3.59. The lowest BCUT2D eigenvalue weighted by Crippen LogP contribution is -2.16. The molecule has 0 spiro atoms. The molecule has 0 aromatic heterocycles. The highest BCUT2D eigenvalue weighted by atomic mass is 32.2. The zero-order valence-electron chi connectivity index (χ0n) is 19.4. The molecule has 2 nitrogen and oxygen atoms in total. The second-order valence-electron chi connectivity index (χ2n) is 8.70. The van der Waals surface area contributed by atoms with Crippen LogP contribution in [0.25, 0.3) is 21.5 Å². The molecule has 5 aromatic carbocycles. The summed E-state index contributed by atoms with van der Waals surface area (Å²) in [5.74, 6) is -0.203. The predicted octanol–water partition coefficient (Wildman–Crippen LogP) is 8.82. The van der Waals surface area contributed by atoms with Gasteiger partial charge < -0.3 is 5.11 Å². The van der Waals surface area contributed by atoms with Gasteiger partial charge in [-0.2, -0.15) is 0 Å². The van der Waals surface area contributed by atoms with Gasteiger partial charge in [-0.15, -0.1) is 23.5 Å². The molecular formula is C31H26O2S2. The fourth-order valence-electron chi connectivity index (χ4n) is 4.25. The van der Waals surface area contributed by atoms with Crippen molar-refractivity contribution < 1.29 is 9.90 Å². The van der Waals surface area contributed by atoms with Crippen molar-refractivity contribution in [2.75, 3.05) is 0 Å². The molecular weight excluding hydrogens is 468 g/mol. The third-order valence-corrected chi connectivity index (χ3v) is 8.68. The number of carbonyl (C=O) groups excluding carboxylic acids is 1. The molecule has 0 bridgehead atoms. The molecule has 0 heterocycles. The van der Waals surface area contributed by atoms with Crippen LogP contribution in [0.2, 0.25) is 0 Å². The molecule has 0 radical (unpaired) electrons. The molecule has 0 fully saturated rings. The molecule has 5 rings (SSSR count). The van der Waals surface area contributed by atoms with Gasteiger partial charge in [-0.25, -0.2) is 0 Å². The molecule has 0 amide bonds. The summed E-state index contributed by atoms with van der Waals surface area (Å²) in [4.78, 5) is 15.5. The van der Waals surface area contributed by atoms with Gasteiger partial charge in [-0.1, -0.05) is 79.7 Å². The van der Waals surface area contributed by atoms with Crippen molar-refractivity contribution in [3.05, 3.63) is 115 Å². The van der Waals surface area contributed by atoms with E-state index in [4.69, 9.17) is 0 Å². The maximum Gasteiger partial charge on any atom is 0.169 e. The number of rotatable bonds is 8. The molecule has 0 aliphatic carbocycles. The van der Waals surface area contributed by atoms with Crippen molar-refractivity contribution in [2.24, 2.45) is 5.92 Å². The van der Waals surface area contributed by atoms with Gasteiger partial charge in [0.15, 0.2) is 5.78 Å². The minimum Gasteiger partial charge on any atom is -0.507 e. The standard InChI is InChI=1S/C31H26O2S2/c1-21(31(33)28-12-6-7-13-29(28)32)18-30(34-26-16-14-22-8-2-4-10-24(22)19-26)35-27-17-15-23-9-3-5-11-25(23)20-27/h2-17,19-21,30,32H,18H2,1H3. The van der Waals surface area contributed by atoms with E-state index in [1.165, 1.54) is 31.3 Å². The zero-order chi connectivity index (χ0) is 24.2. The summed E-state index contributed by atoms with van der Waals surface area (Å²) in [7, 11) is 0. The predicted molar refractivity (Wildman–Crippen MR) is 150 cm³/mol. The van der Waals surface area contributed by atoms with Gasteiger partial charge in [0.05, 0.1) is 10.1 Å². The van der Waals surface area contributed by atoms with Gasteiger partial charge in [0.1, 0.15) is 5.75 Å². The van der Waals surface area contributed by atoms with Crippen LogP contribution < -0.4 is 0 Å². The Bertz CT molecular complexity index is 1410. The van der Waals surface area contributed by atoms with E-state index in [2.05, 4.69) is 84.9 Å². The highest BCUT2D eigenvalue weighted by molar-refractivity contribution is 8.17. The lowest BCUT2D eigenvalue weighted by atomic mass is 9.96. The number of aromatic hydroxyl groups is 1. The average Bonchev–Trinajstić information content (AvgIpc) is 2.88. The van der Waals surface area contributed by atoms with Crippen molar-refractivity contribution in [3.63, 3.8) is 0 Å². The Morgan fingerprint density at radius 2 is 1.17 bits per heavy atom. The first kappa shape index (κ1) is 23.5. The fourth-order valence-corrected chi connectivity index (χ4v) is 7.17. The number of phenolic OH excluding ortho intramolecular Hbond substituents is 1. The average molecular weight is 495 g/mol. The number of ketones is 1. The van der Waals surface area contributed by atoms with E-state index in [9.17, 15) is 9.90 Å². The Morgan fingerprint density at radius 3 is 1.71 bits per heavy atom. The van der Waals surface area contributed by atoms with Gasteiger partial charge in [0, 0.05) is 15.7 Å². The smallest absolute Gasteiger partial charge is 0.169 e. The molecule has 174 valence electrons. The van der Waals surface area contributed by atoms with Crippen molar-refractivity contribution >= 4 is 50.9 Å². The first-order valence-electron chi connectivity index (χ1n) is 11.7. The summed E-state index contributed by atoms with van der Waals surface area (Å²) in [6, 6.07) is 36.7. The van der Waals surface area contributed by atoms with E-state index in [0.29, 0.717) is 12.0 Å². The van der Waals surface area contributed by atoms with Gasteiger partial charge in [-0.05, 0) is 64.4 Å². The molecule has 0 saturated carbocycles. The van der Waals surface area contributed by atoms with Crippen molar-refractivity contribution in [1.29, 1.82) is 0 Å². The van der Waals surface area contributed by atoms with Crippen LogP contribution in [-0.4, -0.2) is 15.5 Å².